The van der Waals surface area contributed by atoms with Crippen molar-refractivity contribution >= 4 is 0 Å². The Labute approximate surface area is 63.5 Å². The summed E-state index contributed by atoms with van der Waals surface area (Å²) in [4.78, 5) is 10.4. The zero-order valence-electron chi connectivity index (χ0n) is 4.00. The quantitative estimate of drug-likeness (QED) is 0.255. The molecule has 0 spiro atoms. The maximum atomic E-state index is 3.53. The third-order valence-electron chi connectivity index (χ3n) is 0.364. The summed E-state index contributed by atoms with van der Waals surface area (Å²) in [5.74, 6) is 0. The Morgan fingerprint density at radius 2 is 1.71 bits per heavy atom. The van der Waals surface area contributed by atoms with Crippen LogP contribution in [0.4, 0.5) is 0 Å². The molecule has 4 heteroatoms. The summed E-state index contributed by atoms with van der Waals surface area (Å²) in [6.07, 6.45) is 5.09. The van der Waals surface area contributed by atoms with Crippen molar-refractivity contribution in [3.05, 3.63) is 19.0 Å². The summed E-state index contributed by atoms with van der Waals surface area (Å²) in [6.45, 7) is 0. The first kappa shape index (κ1) is 7.01. The van der Waals surface area contributed by atoms with Crippen molar-refractivity contribution in [2.24, 2.45) is 0 Å². The van der Waals surface area contributed by atoms with E-state index in [2.05, 4.69) is 21.3 Å². The topological polar surface area (TPSA) is 38.7 Å². The minimum atomic E-state index is 0. The maximum Gasteiger partial charge on any atom is 1.00 e. The Bertz CT molecular complexity index is 82.1. The van der Waals surface area contributed by atoms with Gasteiger partial charge in [0.15, 0.2) is 0 Å². The normalized spacial score (nSPS) is 6.86. The second-order valence-electron chi connectivity index (χ2n) is 0.738. The molecule has 3 nitrogen and oxygen atoms in total. The van der Waals surface area contributed by atoms with Crippen LogP contribution in [-0.2, 0) is 0 Å². The molecule has 0 unspecified atom stereocenters. The van der Waals surface area contributed by atoms with E-state index in [1.807, 2.05) is 0 Å². The first-order valence-electron chi connectivity index (χ1n) is 1.48. The van der Waals surface area contributed by atoms with Gasteiger partial charge in [-0.3, -0.25) is 0 Å². The summed E-state index contributed by atoms with van der Waals surface area (Å²) >= 11 is 0. The van der Waals surface area contributed by atoms with Crippen LogP contribution >= 0.6 is 0 Å². The molecular weight excluding hydrogens is 101 g/mol. The van der Waals surface area contributed by atoms with E-state index in [9.17, 15) is 0 Å². The molecule has 0 fully saturated rings. The van der Waals surface area contributed by atoms with Gasteiger partial charge in [-0.25, -0.2) is 0 Å². The molecule has 7 heavy (non-hydrogen) atoms. The van der Waals surface area contributed by atoms with Gasteiger partial charge in [0, 0.05) is 19.0 Å². The zero-order chi connectivity index (χ0) is 4.24. The molecule has 0 aliphatic carbocycles. The first-order valence-corrected chi connectivity index (χ1v) is 1.48. The van der Waals surface area contributed by atoms with E-state index in [0.717, 1.165) is 0 Å². The number of nitrogens with zero attached hydrogens (tertiary/aromatic N) is 3. The third kappa shape index (κ3) is 2.68. The molecule has 0 saturated carbocycles. The van der Waals surface area contributed by atoms with Crippen LogP contribution < -0.4 is 29.6 Å². The van der Waals surface area contributed by atoms with Crippen molar-refractivity contribution < 1.29 is 29.6 Å². The monoisotopic (exact) mass is 103 g/mol. The predicted octanol–water partition coefficient (Wildman–Crippen LogP) is -3.32. The van der Waals surface area contributed by atoms with Gasteiger partial charge in [-0.2, -0.15) is 0 Å². The van der Waals surface area contributed by atoms with Crippen molar-refractivity contribution in [1.82, 2.24) is 15.0 Å². The van der Waals surface area contributed by atoms with Crippen LogP contribution in [0.1, 0.15) is 0 Å². The Balaban J connectivity index is 0.000000360. The standard InChI is InChI=1S/C3H2N3.Na/c1-4-2-6-3-5-1;/h1-2H;/q-1;+1. The van der Waals surface area contributed by atoms with E-state index in [1.165, 1.54) is 12.7 Å². The Hall–Kier alpha value is 0.01000. The molecule has 0 amide bonds. The van der Waals surface area contributed by atoms with Crippen molar-refractivity contribution in [1.29, 1.82) is 0 Å². The second-order valence-corrected chi connectivity index (χ2v) is 0.738. The van der Waals surface area contributed by atoms with E-state index < -0.39 is 0 Å². The molecule has 1 aromatic heterocycles. The van der Waals surface area contributed by atoms with E-state index in [0.29, 0.717) is 0 Å². The van der Waals surface area contributed by atoms with Crippen LogP contribution in [0.15, 0.2) is 12.7 Å². The minimum Gasteiger partial charge on any atom is -0.355 e. The van der Waals surface area contributed by atoms with Crippen molar-refractivity contribution in [2.45, 2.75) is 0 Å². The molecular formula is C3H2N3Na. The molecule has 0 saturated heterocycles. The molecule has 30 valence electrons. The SMILES string of the molecule is [Na+].[c-]1ncncn1. The van der Waals surface area contributed by atoms with Crippen LogP contribution in [0.25, 0.3) is 0 Å². The average molecular weight is 103 g/mol. The van der Waals surface area contributed by atoms with Crippen LogP contribution in [0.2, 0.25) is 0 Å². The zero-order valence-corrected chi connectivity index (χ0v) is 6.00. The fraction of sp³-hybridized carbons (Fsp3) is 0. The van der Waals surface area contributed by atoms with E-state index in [1.54, 1.807) is 0 Å². The largest absolute Gasteiger partial charge is 1.00 e. The molecule has 0 N–H and O–H groups in total. The summed E-state index contributed by atoms with van der Waals surface area (Å²) < 4.78 is 0. The van der Waals surface area contributed by atoms with Gasteiger partial charge >= 0.3 is 29.6 Å². The Kier molecular flexibility index (Phi) is 4.18. The summed E-state index contributed by atoms with van der Waals surface area (Å²) in [5.41, 5.74) is 0. The van der Waals surface area contributed by atoms with Crippen LogP contribution in [-0.4, -0.2) is 15.0 Å². The summed E-state index contributed by atoms with van der Waals surface area (Å²) in [6, 6.07) is 0. The van der Waals surface area contributed by atoms with Crippen LogP contribution in [0.5, 0.6) is 0 Å². The molecule has 1 rings (SSSR count). The van der Waals surface area contributed by atoms with Crippen LogP contribution in [0.3, 0.4) is 0 Å². The van der Waals surface area contributed by atoms with Gasteiger partial charge in [0.25, 0.3) is 0 Å². The minimum absolute atomic E-state index is 0. The predicted molar refractivity (Wildman–Crippen MR) is 18.7 cm³/mol. The number of hydrogen-bond acceptors (Lipinski definition) is 3. The molecule has 0 aliphatic heterocycles. The number of hydrogen-bond donors (Lipinski definition) is 0. The van der Waals surface area contributed by atoms with E-state index in [4.69, 9.17) is 0 Å². The fourth-order valence-electron chi connectivity index (χ4n) is 0.181. The third-order valence-corrected chi connectivity index (χ3v) is 0.364. The van der Waals surface area contributed by atoms with Crippen molar-refractivity contribution in [3.63, 3.8) is 0 Å². The fourth-order valence-corrected chi connectivity index (χ4v) is 0.181. The van der Waals surface area contributed by atoms with Gasteiger partial charge in [0.2, 0.25) is 0 Å². The Morgan fingerprint density at radius 1 is 1.14 bits per heavy atom. The summed E-state index contributed by atoms with van der Waals surface area (Å²) in [7, 11) is 0. The van der Waals surface area contributed by atoms with Gasteiger partial charge in [0.05, 0.1) is 0 Å². The van der Waals surface area contributed by atoms with Gasteiger partial charge < -0.3 is 15.0 Å². The van der Waals surface area contributed by atoms with Gasteiger partial charge in [-0.15, -0.1) is 0 Å². The maximum absolute atomic E-state index is 3.53. The molecule has 1 aromatic rings. The Morgan fingerprint density at radius 3 is 1.86 bits per heavy atom. The van der Waals surface area contributed by atoms with E-state index in [-0.39, 0.29) is 29.6 Å². The van der Waals surface area contributed by atoms with Crippen molar-refractivity contribution in [2.75, 3.05) is 0 Å². The van der Waals surface area contributed by atoms with Crippen molar-refractivity contribution in [3.8, 4) is 0 Å². The van der Waals surface area contributed by atoms with Gasteiger partial charge in [0.1, 0.15) is 0 Å². The molecule has 0 bridgehead atoms. The second kappa shape index (κ2) is 4.18. The smallest absolute Gasteiger partial charge is 0.355 e. The molecule has 1 heterocycles. The molecule has 0 atom stereocenters. The average Bonchev–Trinajstić information content (AvgIpc) is 1.72. The van der Waals surface area contributed by atoms with Crippen LogP contribution in [0, 0.1) is 6.33 Å². The number of rotatable bonds is 0. The first-order chi connectivity index (χ1) is 3.00. The number of aromatic nitrogens is 3. The van der Waals surface area contributed by atoms with Gasteiger partial charge in [-0.05, 0) is 0 Å². The van der Waals surface area contributed by atoms with Gasteiger partial charge in [-0.1, -0.05) is 0 Å². The molecule has 0 aromatic carbocycles. The molecule has 0 radical (unpaired) electrons. The summed E-state index contributed by atoms with van der Waals surface area (Å²) in [5, 5.41) is 0. The molecule has 0 aliphatic rings. The van der Waals surface area contributed by atoms with E-state index >= 15 is 0 Å².